The van der Waals surface area contributed by atoms with Crippen LogP contribution in [0.25, 0.3) is 0 Å². The second-order valence-electron chi connectivity index (χ2n) is 6.56. The Labute approximate surface area is 170 Å². The molecule has 2 aromatic carbocycles. The van der Waals surface area contributed by atoms with Crippen LogP contribution in [0.15, 0.2) is 53.4 Å². The van der Waals surface area contributed by atoms with Crippen molar-refractivity contribution in [3.05, 3.63) is 59.1 Å². The molecule has 0 radical (unpaired) electrons. The van der Waals surface area contributed by atoms with Crippen molar-refractivity contribution in [2.45, 2.75) is 30.7 Å². The third-order valence-corrected chi connectivity index (χ3v) is 6.83. The number of halogens is 1. The Bertz CT molecular complexity index is 906. The van der Waals surface area contributed by atoms with E-state index in [-0.39, 0.29) is 16.8 Å². The standard InChI is InChI=1S/C20H23ClN2O4S/c1-2-27-18-7-3-15(4-8-18)20(24)22-17-11-13-23(14-12-17)28(25,26)19-9-5-16(21)6-10-19/h3-10,17H,2,11-14H2,1H3,(H,22,24). The quantitative estimate of drug-likeness (QED) is 0.774. The second kappa shape index (κ2) is 8.94. The van der Waals surface area contributed by atoms with Gasteiger partial charge in [0.05, 0.1) is 11.5 Å². The Morgan fingerprint density at radius 3 is 2.29 bits per heavy atom. The van der Waals surface area contributed by atoms with E-state index in [9.17, 15) is 13.2 Å². The predicted octanol–water partition coefficient (Wildman–Crippen LogP) is 3.32. The monoisotopic (exact) mass is 422 g/mol. The van der Waals surface area contributed by atoms with Gasteiger partial charge < -0.3 is 10.1 Å². The fraction of sp³-hybridized carbons (Fsp3) is 0.350. The summed E-state index contributed by atoms with van der Waals surface area (Å²) in [6, 6.07) is 13.1. The molecule has 1 heterocycles. The van der Waals surface area contributed by atoms with Crippen LogP contribution >= 0.6 is 11.6 Å². The van der Waals surface area contributed by atoms with E-state index < -0.39 is 10.0 Å². The number of rotatable bonds is 6. The molecular formula is C20H23ClN2O4S. The van der Waals surface area contributed by atoms with E-state index >= 15 is 0 Å². The van der Waals surface area contributed by atoms with Crippen LogP contribution in [0.3, 0.4) is 0 Å². The molecule has 0 aliphatic carbocycles. The van der Waals surface area contributed by atoms with Gasteiger partial charge in [-0.15, -0.1) is 0 Å². The topological polar surface area (TPSA) is 75.7 Å². The number of benzene rings is 2. The molecule has 28 heavy (non-hydrogen) atoms. The zero-order chi connectivity index (χ0) is 20.1. The number of hydrogen-bond donors (Lipinski definition) is 1. The van der Waals surface area contributed by atoms with Crippen LogP contribution in [-0.2, 0) is 10.0 Å². The fourth-order valence-corrected chi connectivity index (χ4v) is 4.73. The van der Waals surface area contributed by atoms with Crippen molar-refractivity contribution in [3.8, 4) is 5.75 Å². The largest absolute Gasteiger partial charge is 0.494 e. The first-order valence-corrected chi connectivity index (χ1v) is 11.0. The van der Waals surface area contributed by atoms with Gasteiger partial charge in [-0.05, 0) is 68.3 Å². The summed E-state index contributed by atoms with van der Waals surface area (Å²) in [6.45, 7) is 3.20. The van der Waals surface area contributed by atoms with E-state index in [1.807, 2.05) is 6.92 Å². The van der Waals surface area contributed by atoms with Crippen molar-refractivity contribution < 1.29 is 17.9 Å². The highest BCUT2D eigenvalue weighted by Crippen LogP contribution is 2.22. The van der Waals surface area contributed by atoms with Crippen LogP contribution in [-0.4, -0.2) is 44.4 Å². The van der Waals surface area contributed by atoms with Crippen molar-refractivity contribution in [3.63, 3.8) is 0 Å². The molecule has 6 nitrogen and oxygen atoms in total. The summed E-state index contributed by atoms with van der Waals surface area (Å²) in [4.78, 5) is 12.6. The average molecular weight is 423 g/mol. The molecule has 1 amide bonds. The molecular weight excluding hydrogens is 400 g/mol. The number of ether oxygens (including phenoxy) is 1. The van der Waals surface area contributed by atoms with Gasteiger partial charge in [0.2, 0.25) is 10.0 Å². The molecule has 0 aromatic heterocycles. The van der Waals surface area contributed by atoms with Gasteiger partial charge in [0.15, 0.2) is 0 Å². The molecule has 0 spiro atoms. The molecule has 0 saturated carbocycles. The maximum absolute atomic E-state index is 12.7. The second-order valence-corrected chi connectivity index (χ2v) is 8.94. The van der Waals surface area contributed by atoms with Crippen LogP contribution in [0.4, 0.5) is 0 Å². The molecule has 3 rings (SSSR count). The minimum atomic E-state index is -3.55. The third-order valence-electron chi connectivity index (χ3n) is 4.67. The lowest BCUT2D eigenvalue weighted by molar-refractivity contribution is 0.0924. The molecule has 1 aliphatic heterocycles. The molecule has 2 aromatic rings. The van der Waals surface area contributed by atoms with Gasteiger partial charge in [-0.25, -0.2) is 8.42 Å². The Balaban J connectivity index is 1.56. The smallest absolute Gasteiger partial charge is 0.251 e. The van der Waals surface area contributed by atoms with E-state index in [1.165, 1.54) is 16.4 Å². The van der Waals surface area contributed by atoms with E-state index in [1.54, 1.807) is 36.4 Å². The van der Waals surface area contributed by atoms with Crippen LogP contribution in [0, 0.1) is 0 Å². The predicted molar refractivity (Wildman–Crippen MR) is 108 cm³/mol. The maximum atomic E-state index is 12.7. The van der Waals surface area contributed by atoms with Crippen molar-refractivity contribution in [1.29, 1.82) is 0 Å². The molecule has 8 heteroatoms. The van der Waals surface area contributed by atoms with Gasteiger partial charge in [0.25, 0.3) is 5.91 Å². The van der Waals surface area contributed by atoms with Crippen LogP contribution < -0.4 is 10.1 Å². The summed E-state index contributed by atoms with van der Waals surface area (Å²) in [5, 5.41) is 3.48. The first-order chi connectivity index (χ1) is 13.4. The van der Waals surface area contributed by atoms with Gasteiger partial charge in [-0.1, -0.05) is 11.6 Å². The number of carbonyl (C=O) groups is 1. The minimum Gasteiger partial charge on any atom is -0.494 e. The number of carbonyl (C=O) groups excluding carboxylic acids is 1. The first-order valence-electron chi connectivity index (χ1n) is 9.19. The Morgan fingerprint density at radius 1 is 1.11 bits per heavy atom. The van der Waals surface area contributed by atoms with Crippen molar-refractivity contribution in [2.24, 2.45) is 0 Å². The highest BCUT2D eigenvalue weighted by atomic mass is 35.5. The Morgan fingerprint density at radius 2 is 1.71 bits per heavy atom. The van der Waals surface area contributed by atoms with Gasteiger partial charge in [0.1, 0.15) is 5.75 Å². The molecule has 1 saturated heterocycles. The summed E-state index contributed by atoms with van der Waals surface area (Å²) in [6.07, 6.45) is 1.13. The van der Waals surface area contributed by atoms with Crippen LogP contribution in [0.2, 0.25) is 5.02 Å². The van der Waals surface area contributed by atoms with E-state index in [4.69, 9.17) is 16.3 Å². The average Bonchev–Trinajstić information content (AvgIpc) is 2.69. The highest BCUT2D eigenvalue weighted by molar-refractivity contribution is 7.89. The number of piperidine rings is 1. The number of amides is 1. The fourth-order valence-electron chi connectivity index (χ4n) is 3.13. The molecule has 1 aliphatic rings. The maximum Gasteiger partial charge on any atom is 0.251 e. The van der Waals surface area contributed by atoms with Crippen molar-refractivity contribution in [2.75, 3.05) is 19.7 Å². The van der Waals surface area contributed by atoms with Crippen molar-refractivity contribution >= 4 is 27.5 Å². The lowest BCUT2D eigenvalue weighted by atomic mass is 10.1. The molecule has 1 fully saturated rings. The van der Waals surface area contributed by atoms with Gasteiger partial charge in [-0.3, -0.25) is 4.79 Å². The van der Waals surface area contributed by atoms with Crippen molar-refractivity contribution in [1.82, 2.24) is 9.62 Å². The summed E-state index contributed by atoms with van der Waals surface area (Å²) in [7, 11) is -3.55. The highest BCUT2D eigenvalue weighted by Gasteiger charge is 2.30. The molecule has 0 atom stereocenters. The van der Waals surface area contributed by atoms with Gasteiger partial charge in [0, 0.05) is 29.7 Å². The number of nitrogens with zero attached hydrogens (tertiary/aromatic N) is 1. The SMILES string of the molecule is CCOc1ccc(C(=O)NC2CCN(S(=O)(=O)c3ccc(Cl)cc3)CC2)cc1. The zero-order valence-corrected chi connectivity index (χ0v) is 17.2. The number of sulfonamides is 1. The van der Waals surface area contributed by atoms with E-state index in [2.05, 4.69) is 5.32 Å². The van der Waals surface area contributed by atoms with Crippen LogP contribution in [0.5, 0.6) is 5.75 Å². The van der Waals surface area contributed by atoms with Gasteiger partial charge >= 0.3 is 0 Å². The molecule has 0 bridgehead atoms. The Hall–Kier alpha value is -2.09. The first kappa shape index (κ1) is 20.6. The summed E-state index contributed by atoms with van der Waals surface area (Å²) in [5.74, 6) is 0.557. The number of nitrogens with one attached hydrogen (secondary N) is 1. The molecule has 1 N–H and O–H groups in total. The lowest BCUT2D eigenvalue weighted by Crippen LogP contribution is -2.46. The van der Waals surface area contributed by atoms with Gasteiger partial charge in [-0.2, -0.15) is 4.31 Å². The normalized spacial score (nSPS) is 15.9. The van der Waals surface area contributed by atoms with E-state index in [0.29, 0.717) is 43.1 Å². The third kappa shape index (κ3) is 4.84. The summed E-state index contributed by atoms with van der Waals surface area (Å²) < 4.78 is 32.3. The summed E-state index contributed by atoms with van der Waals surface area (Å²) >= 11 is 5.83. The Kier molecular flexibility index (Phi) is 6.59. The minimum absolute atomic E-state index is 0.0595. The van der Waals surface area contributed by atoms with E-state index in [0.717, 1.165) is 5.75 Å². The number of hydrogen-bond acceptors (Lipinski definition) is 4. The lowest BCUT2D eigenvalue weighted by Gasteiger charge is -2.31. The van der Waals surface area contributed by atoms with Crippen LogP contribution in [0.1, 0.15) is 30.1 Å². The summed E-state index contributed by atoms with van der Waals surface area (Å²) in [5.41, 5.74) is 0.555. The molecule has 150 valence electrons. The molecule has 0 unspecified atom stereocenters. The zero-order valence-electron chi connectivity index (χ0n) is 15.6.